The van der Waals surface area contributed by atoms with Crippen molar-refractivity contribution in [2.24, 2.45) is 17.8 Å². The minimum absolute atomic E-state index is 0.0141. The summed E-state index contributed by atoms with van der Waals surface area (Å²) in [7, 11) is 0. The van der Waals surface area contributed by atoms with Crippen molar-refractivity contribution < 1.29 is 4.92 Å². The molecule has 1 aromatic rings. The van der Waals surface area contributed by atoms with E-state index in [2.05, 4.69) is 27.5 Å². The van der Waals surface area contributed by atoms with E-state index in [1.165, 1.54) is 103 Å². The monoisotopic (exact) mass is 513 g/mol. The van der Waals surface area contributed by atoms with Crippen LogP contribution in [0.15, 0.2) is 6.33 Å². The molecular weight excluding hydrogens is 462 g/mol. The zero-order chi connectivity index (χ0) is 25.9. The van der Waals surface area contributed by atoms with Gasteiger partial charge in [0.25, 0.3) is 0 Å². The molecule has 1 heterocycles. The van der Waals surface area contributed by atoms with Gasteiger partial charge in [0.15, 0.2) is 0 Å². The zero-order valence-corrected chi connectivity index (χ0v) is 23.3. The molecule has 4 fully saturated rings. The van der Waals surface area contributed by atoms with Gasteiger partial charge < -0.3 is 10.6 Å². The molecule has 0 amide bonds. The average molecular weight is 514 g/mol. The van der Waals surface area contributed by atoms with E-state index in [4.69, 9.17) is 0 Å². The molecule has 0 aliphatic heterocycles. The van der Waals surface area contributed by atoms with Crippen molar-refractivity contribution >= 4 is 17.3 Å². The van der Waals surface area contributed by atoms with Crippen LogP contribution in [-0.4, -0.2) is 27.0 Å². The molecule has 0 atom stereocenters. The van der Waals surface area contributed by atoms with Crippen LogP contribution in [0.3, 0.4) is 0 Å². The fourth-order valence-corrected chi connectivity index (χ4v) is 7.81. The average Bonchev–Trinajstić information content (AvgIpc) is 2.85. The predicted molar refractivity (Wildman–Crippen MR) is 152 cm³/mol. The Morgan fingerprint density at radius 1 is 0.784 bits per heavy atom. The van der Waals surface area contributed by atoms with Crippen molar-refractivity contribution in [1.82, 2.24) is 9.97 Å². The largest absolute Gasteiger partial charge is 0.364 e. The van der Waals surface area contributed by atoms with Gasteiger partial charge in [-0.05, 0) is 62.7 Å². The molecule has 4 saturated carbocycles. The van der Waals surface area contributed by atoms with E-state index < -0.39 is 0 Å². The summed E-state index contributed by atoms with van der Waals surface area (Å²) in [6.45, 7) is 2.99. The maximum absolute atomic E-state index is 12.0. The molecule has 0 spiro atoms. The Morgan fingerprint density at radius 3 is 1.73 bits per heavy atom. The van der Waals surface area contributed by atoms with Crippen LogP contribution >= 0.6 is 0 Å². The molecule has 4 bridgehead atoms. The Labute approximate surface area is 224 Å². The highest BCUT2D eigenvalue weighted by molar-refractivity contribution is 5.70. The first kappa shape index (κ1) is 28.1. The summed E-state index contributed by atoms with van der Waals surface area (Å²) in [4.78, 5) is 20.3. The van der Waals surface area contributed by atoms with Crippen molar-refractivity contribution in [2.75, 3.05) is 17.2 Å². The fourth-order valence-electron chi connectivity index (χ4n) is 7.81. The molecule has 4 aliphatic rings. The number of rotatable bonds is 19. The summed E-state index contributed by atoms with van der Waals surface area (Å²) in [5.41, 5.74) is 0.00311. The number of aromatic nitrogens is 2. The summed E-state index contributed by atoms with van der Waals surface area (Å²) in [6.07, 6.45) is 27.4. The van der Waals surface area contributed by atoms with Gasteiger partial charge in [0.05, 0.1) is 4.92 Å². The first-order valence-electron chi connectivity index (χ1n) is 15.6. The van der Waals surface area contributed by atoms with Crippen LogP contribution in [0.2, 0.25) is 0 Å². The van der Waals surface area contributed by atoms with Gasteiger partial charge in [-0.25, -0.2) is 9.97 Å². The molecule has 0 radical (unpaired) electrons. The lowest BCUT2D eigenvalue weighted by Gasteiger charge is -2.57. The van der Waals surface area contributed by atoms with Crippen LogP contribution in [0.5, 0.6) is 0 Å². The molecule has 2 N–H and O–H groups in total. The third-order valence-corrected chi connectivity index (χ3v) is 9.25. The molecule has 7 nitrogen and oxygen atoms in total. The highest BCUT2D eigenvalue weighted by atomic mass is 16.6. The van der Waals surface area contributed by atoms with Crippen molar-refractivity contribution in [2.45, 2.75) is 141 Å². The van der Waals surface area contributed by atoms with Gasteiger partial charge in [-0.15, -0.1) is 0 Å². The van der Waals surface area contributed by atoms with Crippen LogP contribution < -0.4 is 10.6 Å². The van der Waals surface area contributed by atoms with Gasteiger partial charge in [0.1, 0.15) is 6.33 Å². The standard InChI is InChI=1S/C30H51N5O2/c1-2-3-4-5-6-7-8-9-10-11-12-13-14-15-16-31-28-27(35(36)37)29(33-23-32-28)34-30-20-24-17-25(21-30)19-26(18-24)22-30/h23-26H,2-22H2,1H3,(H2,31,32,33,34). The minimum atomic E-state index is -0.309. The van der Waals surface area contributed by atoms with E-state index in [1.54, 1.807) is 0 Å². The van der Waals surface area contributed by atoms with Crippen LogP contribution in [0, 0.1) is 27.9 Å². The zero-order valence-electron chi connectivity index (χ0n) is 23.3. The number of hydrogen-bond acceptors (Lipinski definition) is 6. The number of anilines is 2. The second kappa shape index (κ2) is 14.3. The summed E-state index contributed by atoms with van der Waals surface area (Å²) < 4.78 is 0. The molecule has 0 unspecified atom stereocenters. The Balaban J connectivity index is 1.12. The van der Waals surface area contributed by atoms with E-state index in [0.717, 1.165) is 49.9 Å². The molecule has 0 aromatic carbocycles. The Hall–Kier alpha value is -1.92. The van der Waals surface area contributed by atoms with Crippen molar-refractivity contribution in [1.29, 1.82) is 0 Å². The normalized spacial score (nSPS) is 25.9. The van der Waals surface area contributed by atoms with Crippen LogP contribution in [0.25, 0.3) is 0 Å². The first-order valence-corrected chi connectivity index (χ1v) is 15.6. The molecule has 37 heavy (non-hydrogen) atoms. The summed E-state index contributed by atoms with van der Waals surface area (Å²) in [5.74, 6) is 3.10. The van der Waals surface area contributed by atoms with E-state index in [0.29, 0.717) is 18.2 Å². The second-order valence-corrected chi connectivity index (χ2v) is 12.5. The maximum atomic E-state index is 12.0. The van der Waals surface area contributed by atoms with Gasteiger partial charge in [0, 0.05) is 12.1 Å². The predicted octanol–water partition coefficient (Wildman–Crippen LogP) is 8.66. The first-order chi connectivity index (χ1) is 18.1. The third-order valence-electron chi connectivity index (χ3n) is 9.25. The second-order valence-electron chi connectivity index (χ2n) is 12.5. The number of nitrogens with zero attached hydrogens (tertiary/aromatic N) is 3. The quantitative estimate of drug-likeness (QED) is 0.109. The Morgan fingerprint density at radius 2 is 1.24 bits per heavy atom. The minimum Gasteiger partial charge on any atom is -0.364 e. The highest BCUT2D eigenvalue weighted by Gasteiger charge is 2.51. The third kappa shape index (κ3) is 8.28. The Kier molecular flexibility index (Phi) is 10.9. The maximum Gasteiger partial charge on any atom is 0.353 e. The lowest BCUT2D eigenvalue weighted by Crippen LogP contribution is -2.55. The topological polar surface area (TPSA) is 93.0 Å². The number of nitro groups is 1. The summed E-state index contributed by atoms with van der Waals surface area (Å²) >= 11 is 0. The Bertz CT molecular complexity index is 810. The molecule has 1 aromatic heterocycles. The van der Waals surface area contributed by atoms with Gasteiger partial charge in [0.2, 0.25) is 11.6 Å². The smallest absolute Gasteiger partial charge is 0.353 e. The molecule has 5 rings (SSSR count). The van der Waals surface area contributed by atoms with Crippen molar-refractivity contribution in [3.63, 3.8) is 0 Å². The van der Waals surface area contributed by atoms with E-state index in [9.17, 15) is 10.1 Å². The highest BCUT2D eigenvalue weighted by Crippen LogP contribution is 2.57. The van der Waals surface area contributed by atoms with Gasteiger partial charge >= 0.3 is 5.69 Å². The lowest BCUT2D eigenvalue weighted by molar-refractivity contribution is -0.383. The number of hydrogen-bond donors (Lipinski definition) is 2. The molecule has 208 valence electrons. The summed E-state index contributed by atoms with van der Waals surface area (Å²) in [5, 5.41) is 18.9. The van der Waals surface area contributed by atoms with Crippen molar-refractivity contribution in [3.8, 4) is 0 Å². The van der Waals surface area contributed by atoms with Gasteiger partial charge in [-0.1, -0.05) is 90.4 Å². The number of nitrogens with one attached hydrogen (secondary N) is 2. The lowest BCUT2D eigenvalue weighted by atomic mass is 9.53. The van der Waals surface area contributed by atoms with E-state index in [1.807, 2.05) is 0 Å². The van der Waals surface area contributed by atoms with Crippen LogP contribution in [-0.2, 0) is 0 Å². The van der Waals surface area contributed by atoms with Gasteiger partial charge in [-0.3, -0.25) is 10.1 Å². The van der Waals surface area contributed by atoms with Crippen LogP contribution in [0.1, 0.15) is 135 Å². The SMILES string of the molecule is CCCCCCCCCCCCCCCCNc1ncnc(NC23CC4CC(CC(C4)C2)C3)c1[N+](=O)[O-]. The van der Waals surface area contributed by atoms with Crippen LogP contribution in [0.4, 0.5) is 17.3 Å². The van der Waals surface area contributed by atoms with E-state index in [-0.39, 0.29) is 16.1 Å². The number of unbranched alkanes of at least 4 members (excludes halogenated alkanes) is 13. The summed E-state index contributed by atoms with van der Waals surface area (Å²) in [6, 6.07) is 0. The molecule has 4 aliphatic carbocycles. The fraction of sp³-hybridized carbons (Fsp3) is 0.867. The molecule has 0 saturated heterocycles. The van der Waals surface area contributed by atoms with Gasteiger partial charge in [-0.2, -0.15) is 0 Å². The molecular formula is C30H51N5O2. The van der Waals surface area contributed by atoms with E-state index >= 15 is 0 Å². The molecule has 7 heteroatoms. The van der Waals surface area contributed by atoms with Crippen molar-refractivity contribution in [3.05, 3.63) is 16.4 Å².